The number of aromatic nitrogens is 4. The van der Waals surface area contributed by atoms with E-state index in [4.69, 9.17) is 0 Å². The number of rotatable bonds is 5. The van der Waals surface area contributed by atoms with Crippen molar-refractivity contribution in [3.8, 4) is 5.69 Å². The maximum absolute atomic E-state index is 12.7. The smallest absolute Gasteiger partial charge is 0.227 e. The molecule has 0 saturated carbocycles. The van der Waals surface area contributed by atoms with Crippen molar-refractivity contribution in [3.05, 3.63) is 66.0 Å². The zero-order valence-electron chi connectivity index (χ0n) is 16.2. The van der Waals surface area contributed by atoms with E-state index in [1.165, 1.54) is 6.33 Å². The molecule has 0 bridgehead atoms. The lowest BCUT2D eigenvalue weighted by molar-refractivity contribution is -0.130. The molecule has 1 amide bonds. The molecule has 1 fully saturated rings. The van der Waals surface area contributed by atoms with Crippen molar-refractivity contribution in [2.45, 2.75) is 13.3 Å². The number of benzene rings is 2. The van der Waals surface area contributed by atoms with Gasteiger partial charge in [0, 0.05) is 37.4 Å². The van der Waals surface area contributed by atoms with Crippen molar-refractivity contribution in [1.29, 1.82) is 0 Å². The molecule has 2 aromatic carbocycles. The Kier molecular flexibility index (Phi) is 5.33. The molecule has 0 unspecified atom stereocenters. The van der Waals surface area contributed by atoms with Gasteiger partial charge in [-0.15, -0.1) is 5.10 Å². The third-order valence-electron chi connectivity index (χ3n) is 5.18. The maximum Gasteiger partial charge on any atom is 0.227 e. The Bertz CT molecular complexity index is 975. The Morgan fingerprint density at radius 1 is 0.897 bits per heavy atom. The van der Waals surface area contributed by atoms with Crippen LogP contribution in [0.5, 0.6) is 0 Å². The molecule has 0 N–H and O–H groups in total. The fourth-order valence-electron chi connectivity index (χ4n) is 3.45. The van der Waals surface area contributed by atoms with Crippen LogP contribution in [0.25, 0.3) is 5.69 Å². The van der Waals surface area contributed by atoms with E-state index in [0.29, 0.717) is 25.1 Å². The SMILES string of the molecule is CC(=O)c1ccc(N2CCN(C(=O)Cc3ccc(-n4cnnn4)cc3)CC2)cc1. The summed E-state index contributed by atoms with van der Waals surface area (Å²) in [5, 5.41) is 11.1. The summed E-state index contributed by atoms with van der Waals surface area (Å²) in [6.45, 7) is 4.51. The van der Waals surface area contributed by atoms with Crippen LogP contribution < -0.4 is 4.90 Å². The second-order valence-corrected chi connectivity index (χ2v) is 7.07. The molecule has 1 saturated heterocycles. The van der Waals surface area contributed by atoms with Crippen molar-refractivity contribution in [2.75, 3.05) is 31.1 Å². The summed E-state index contributed by atoms with van der Waals surface area (Å²) in [5.41, 5.74) is 3.62. The van der Waals surface area contributed by atoms with E-state index < -0.39 is 0 Å². The molecule has 148 valence electrons. The van der Waals surface area contributed by atoms with Gasteiger partial charge in [-0.2, -0.15) is 0 Å². The summed E-state index contributed by atoms with van der Waals surface area (Å²) >= 11 is 0. The fourth-order valence-corrected chi connectivity index (χ4v) is 3.45. The Morgan fingerprint density at radius 2 is 1.55 bits per heavy atom. The number of carbonyl (C=O) groups excluding carboxylic acids is 2. The van der Waals surface area contributed by atoms with E-state index >= 15 is 0 Å². The van der Waals surface area contributed by atoms with Gasteiger partial charge in [0.25, 0.3) is 0 Å². The topological polar surface area (TPSA) is 84.2 Å². The van der Waals surface area contributed by atoms with Crippen LogP contribution in [0, 0.1) is 0 Å². The summed E-state index contributed by atoms with van der Waals surface area (Å²) in [6, 6.07) is 15.3. The van der Waals surface area contributed by atoms with Gasteiger partial charge in [-0.3, -0.25) is 9.59 Å². The van der Waals surface area contributed by atoms with Gasteiger partial charge in [0.15, 0.2) is 5.78 Å². The first kappa shape index (κ1) is 18.8. The van der Waals surface area contributed by atoms with E-state index in [2.05, 4.69) is 20.4 Å². The second kappa shape index (κ2) is 8.22. The highest BCUT2D eigenvalue weighted by Gasteiger charge is 2.21. The lowest BCUT2D eigenvalue weighted by Gasteiger charge is -2.36. The largest absolute Gasteiger partial charge is 0.368 e. The number of anilines is 1. The third-order valence-corrected chi connectivity index (χ3v) is 5.18. The molecule has 3 aromatic rings. The number of hydrogen-bond donors (Lipinski definition) is 0. The highest BCUT2D eigenvalue weighted by molar-refractivity contribution is 5.94. The van der Waals surface area contributed by atoms with Gasteiger partial charge in [0.1, 0.15) is 6.33 Å². The van der Waals surface area contributed by atoms with Gasteiger partial charge in [0.05, 0.1) is 12.1 Å². The van der Waals surface area contributed by atoms with Gasteiger partial charge in [-0.05, 0) is 59.3 Å². The standard InChI is InChI=1S/C21H22N6O2/c1-16(28)18-4-8-19(9-5-18)25-10-12-26(13-11-25)21(29)14-17-2-6-20(7-3-17)27-15-22-23-24-27/h2-9,15H,10-14H2,1H3. The van der Waals surface area contributed by atoms with Gasteiger partial charge in [-0.25, -0.2) is 4.68 Å². The van der Waals surface area contributed by atoms with Crippen LogP contribution in [0.3, 0.4) is 0 Å². The zero-order chi connectivity index (χ0) is 20.2. The van der Waals surface area contributed by atoms with E-state index in [-0.39, 0.29) is 11.7 Å². The van der Waals surface area contributed by atoms with Crippen LogP contribution in [0.2, 0.25) is 0 Å². The molecule has 0 atom stereocenters. The molecule has 8 nitrogen and oxygen atoms in total. The number of ketones is 1. The highest BCUT2D eigenvalue weighted by Crippen LogP contribution is 2.18. The number of piperazine rings is 1. The quantitative estimate of drug-likeness (QED) is 0.617. The number of hydrogen-bond acceptors (Lipinski definition) is 6. The zero-order valence-corrected chi connectivity index (χ0v) is 16.2. The molecule has 8 heteroatoms. The normalized spacial score (nSPS) is 14.1. The summed E-state index contributed by atoms with van der Waals surface area (Å²) in [6.07, 6.45) is 1.91. The molecule has 4 rings (SSSR count). The van der Waals surface area contributed by atoms with Crippen LogP contribution in [-0.2, 0) is 11.2 Å². The lowest BCUT2D eigenvalue weighted by Crippen LogP contribution is -2.49. The van der Waals surface area contributed by atoms with Crippen LogP contribution in [0.15, 0.2) is 54.9 Å². The van der Waals surface area contributed by atoms with Gasteiger partial charge in [-0.1, -0.05) is 12.1 Å². The first-order valence-corrected chi connectivity index (χ1v) is 9.56. The molecular formula is C21H22N6O2. The van der Waals surface area contributed by atoms with Crippen LogP contribution in [0.1, 0.15) is 22.8 Å². The molecule has 29 heavy (non-hydrogen) atoms. The first-order valence-electron chi connectivity index (χ1n) is 9.56. The molecule has 1 aliphatic rings. The van der Waals surface area contributed by atoms with Crippen molar-refractivity contribution >= 4 is 17.4 Å². The summed E-state index contributed by atoms with van der Waals surface area (Å²) < 4.78 is 1.58. The Morgan fingerprint density at radius 3 is 2.14 bits per heavy atom. The first-order chi connectivity index (χ1) is 14.1. The highest BCUT2D eigenvalue weighted by atomic mass is 16.2. The van der Waals surface area contributed by atoms with Gasteiger partial charge >= 0.3 is 0 Å². The average Bonchev–Trinajstić information content (AvgIpc) is 3.29. The Balaban J connectivity index is 1.31. The molecule has 0 spiro atoms. The molecular weight excluding hydrogens is 368 g/mol. The molecule has 1 aliphatic heterocycles. The minimum atomic E-state index is 0.0676. The minimum absolute atomic E-state index is 0.0676. The Labute approximate surface area is 168 Å². The van der Waals surface area contributed by atoms with E-state index in [1.54, 1.807) is 11.6 Å². The van der Waals surface area contributed by atoms with E-state index in [0.717, 1.165) is 30.0 Å². The lowest BCUT2D eigenvalue weighted by atomic mass is 10.1. The Hall–Kier alpha value is -3.55. The third kappa shape index (κ3) is 4.31. The second-order valence-electron chi connectivity index (χ2n) is 7.07. The molecule has 2 heterocycles. The molecule has 1 aromatic heterocycles. The summed E-state index contributed by atoms with van der Waals surface area (Å²) in [5.74, 6) is 0.199. The predicted octanol–water partition coefficient (Wildman–Crippen LogP) is 1.76. The van der Waals surface area contributed by atoms with Crippen molar-refractivity contribution in [3.63, 3.8) is 0 Å². The van der Waals surface area contributed by atoms with Crippen LogP contribution in [0.4, 0.5) is 5.69 Å². The van der Waals surface area contributed by atoms with Crippen molar-refractivity contribution in [2.24, 2.45) is 0 Å². The average molecular weight is 390 g/mol. The molecule has 0 aliphatic carbocycles. The summed E-state index contributed by atoms with van der Waals surface area (Å²) in [7, 11) is 0. The number of carbonyl (C=O) groups is 2. The van der Waals surface area contributed by atoms with E-state index in [9.17, 15) is 9.59 Å². The van der Waals surface area contributed by atoms with Crippen LogP contribution >= 0.6 is 0 Å². The summed E-state index contributed by atoms with van der Waals surface area (Å²) in [4.78, 5) is 28.2. The van der Waals surface area contributed by atoms with Crippen molar-refractivity contribution < 1.29 is 9.59 Å². The van der Waals surface area contributed by atoms with Gasteiger partial charge in [0.2, 0.25) is 5.91 Å². The monoisotopic (exact) mass is 390 g/mol. The number of nitrogens with zero attached hydrogens (tertiary/aromatic N) is 6. The van der Waals surface area contributed by atoms with Crippen LogP contribution in [-0.4, -0.2) is 63.0 Å². The number of Topliss-reactive ketones (excluding diaryl/α,β-unsaturated/α-hetero) is 1. The maximum atomic E-state index is 12.7. The van der Waals surface area contributed by atoms with Crippen molar-refractivity contribution in [1.82, 2.24) is 25.1 Å². The minimum Gasteiger partial charge on any atom is -0.368 e. The molecule has 0 radical (unpaired) electrons. The fraction of sp³-hybridized carbons (Fsp3) is 0.286. The number of tetrazole rings is 1. The number of amides is 1. The van der Waals surface area contributed by atoms with E-state index in [1.807, 2.05) is 53.4 Å². The van der Waals surface area contributed by atoms with Gasteiger partial charge < -0.3 is 9.80 Å². The predicted molar refractivity (Wildman–Crippen MR) is 108 cm³/mol.